The van der Waals surface area contributed by atoms with Crippen molar-refractivity contribution in [3.05, 3.63) is 208 Å². The summed E-state index contributed by atoms with van der Waals surface area (Å²) in [5, 5.41) is 10.8. The molecule has 0 unspecified atom stereocenters. The maximum atomic E-state index is 7.16. The van der Waals surface area contributed by atoms with Crippen molar-refractivity contribution in [1.29, 1.82) is 0 Å². The van der Waals surface area contributed by atoms with Crippen molar-refractivity contribution in [2.75, 3.05) is 39.6 Å². The zero-order valence-electron chi connectivity index (χ0n) is 39.1. The lowest BCUT2D eigenvalue weighted by Crippen LogP contribution is -2.31. The predicted molar refractivity (Wildman–Crippen MR) is 291 cm³/mol. The van der Waals surface area contributed by atoms with Gasteiger partial charge in [-0.15, -0.1) is 0 Å². The maximum absolute atomic E-state index is 7.16. The van der Waals surface area contributed by atoms with Gasteiger partial charge in [0, 0.05) is 39.3 Å². The first-order chi connectivity index (χ1) is 33.4. The van der Waals surface area contributed by atoms with E-state index in [-0.39, 0.29) is 0 Å². The quantitative estimate of drug-likeness (QED) is 0.0947. The third-order valence-corrected chi connectivity index (χ3v) is 17.2. The molecule has 0 aromatic heterocycles. The monoisotopic (exact) mass is 1030 g/mol. The van der Waals surface area contributed by atoms with E-state index in [9.17, 15) is 0 Å². The van der Waals surface area contributed by atoms with Crippen LogP contribution in [0.15, 0.2) is 158 Å². The van der Waals surface area contributed by atoms with Crippen LogP contribution < -0.4 is 0 Å². The van der Waals surface area contributed by atoms with E-state index in [1.807, 2.05) is 0 Å². The summed E-state index contributed by atoms with van der Waals surface area (Å²) in [5.41, 5.74) is 10.9. The molecule has 3 heterocycles. The Morgan fingerprint density at radius 2 is 0.565 bits per heavy atom. The van der Waals surface area contributed by atoms with Gasteiger partial charge >= 0.3 is 0 Å². The number of nitrogens with zero attached hydrogens (tertiary/aromatic N) is 6. The molecular formula is C57H54Cl6N6. The topological polar surface area (TPSA) is 19.4 Å². The lowest BCUT2D eigenvalue weighted by molar-refractivity contribution is 0.248. The van der Waals surface area contributed by atoms with E-state index in [1.165, 1.54) is 82.4 Å². The van der Waals surface area contributed by atoms with Crippen LogP contribution in [0.5, 0.6) is 0 Å². The second-order valence-corrected chi connectivity index (χ2v) is 20.8. The van der Waals surface area contributed by atoms with E-state index in [0.29, 0.717) is 70.6 Å². The molecule has 3 aliphatic heterocycles. The van der Waals surface area contributed by atoms with Crippen molar-refractivity contribution < 1.29 is 0 Å². The normalized spacial score (nSPS) is 15.6. The Morgan fingerprint density at radius 1 is 0.319 bits per heavy atom. The van der Waals surface area contributed by atoms with Gasteiger partial charge in [-0.25, -0.2) is 0 Å². The summed E-state index contributed by atoms with van der Waals surface area (Å²) in [6.07, 6.45) is 2.52. The van der Waals surface area contributed by atoms with Gasteiger partial charge in [-0.3, -0.25) is 0 Å². The van der Waals surface area contributed by atoms with Crippen LogP contribution in [0.3, 0.4) is 0 Å². The summed E-state index contributed by atoms with van der Waals surface area (Å²) in [5.74, 6) is 0. The smallest absolute Gasteiger partial charge is 0.142 e. The Morgan fingerprint density at radius 3 is 0.841 bits per heavy atom. The number of hydrogen-bond donors (Lipinski definition) is 0. The van der Waals surface area contributed by atoms with Crippen LogP contribution in [0, 0.1) is 20.8 Å². The Balaban J connectivity index is 0.897. The molecule has 69 heavy (non-hydrogen) atoms. The minimum absolute atomic E-state index is 0.552. The van der Waals surface area contributed by atoms with E-state index in [4.69, 9.17) is 69.6 Å². The zero-order chi connectivity index (χ0) is 47.9. The van der Waals surface area contributed by atoms with Gasteiger partial charge in [0.1, 0.15) is 30.9 Å². The number of fused-ring (bicyclic) bond motifs is 3. The highest BCUT2D eigenvalue weighted by molar-refractivity contribution is 6.40. The molecule has 6 nitrogen and oxygen atoms in total. The van der Waals surface area contributed by atoms with Crippen molar-refractivity contribution in [3.8, 4) is 0 Å². The summed E-state index contributed by atoms with van der Waals surface area (Å²) >= 11 is 42.7. The highest BCUT2D eigenvalue weighted by Gasteiger charge is 2.33. The van der Waals surface area contributed by atoms with Crippen LogP contribution in [0.25, 0.3) is 32.3 Å². The average Bonchev–Trinajstić information content (AvgIpc) is 3.92. The molecule has 0 bridgehead atoms. The second-order valence-electron chi connectivity index (χ2n) is 18.7. The fourth-order valence-corrected chi connectivity index (χ4v) is 11.8. The number of rotatable bonds is 15. The van der Waals surface area contributed by atoms with E-state index in [1.54, 1.807) is 0 Å². The van der Waals surface area contributed by atoms with Crippen LogP contribution in [-0.4, -0.2) is 69.0 Å². The van der Waals surface area contributed by atoms with Gasteiger partial charge in [0.15, 0.2) is 0 Å². The van der Waals surface area contributed by atoms with Crippen molar-refractivity contribution in [2.24, 2.45) is 0 Å². The molecule has 0 atom stereocenters. The van der Waals surface area contributed by atoms with E-state index in [2.05, 4.69) is 178 Å². The second kappa shape index (κ2) is 20.4. The molecule has 0 saturated heterocycles. The van der Waals surface area contributed by atoms with Gasteiger partial charge in [-0.2, -0.15) is 0 Å². The largest absolute Gasteiger partial charge is 0.342 e. The fraction of sp³-hybridized carbons (Fsp3) is 0.263. The fourth-order valence-electron chi connectivity index (χ4n) is 10.3. The lowest BCUT2D eigenvalue weighted by atomic mass is 9.87. The summed E-state index contributed by atoms with van der Waals surface area (Å²) in [4.78, 5) is 13.1. The Kier molecular flexibility index (Phi) is 14.1. The Hall–Kier alpha value is -4.92. The molecule has 3 aliphatic rings. The van der Waals surface area contributed by atoms with Gasteiger partial charge in [-0.1, -0.05) is 197 Å². The predicted octanol–water partition coefficient (Wildman–Crippen LogP) is 14.8. The lowest BCUT2D eigenvalue weighted by Gasteiger charge is -2.31. The van der Waals surface area contributed by atoms with Gasteiger partial charge in [0.2, 0.25) is 0 Å². The average molecular weight is 1040 g/mol. The van der Waals surface area contributed by atoms with Crippen molar-refractivity contribution >= 4 is 102 Å². The van der Waals surface area contributed by atoms with Gasteiger partial charge < -0.3 is 29.4 Å². The van der Waals surface area contributed by atoms with Gasteiger partial charge in [-0.05, 0) is 122 Å². The van der Waals surface area contributed by atoms with Crippen molar-refractivity contribution in [1.82, 2.24) is 29.4 Å². The third kappa shape index (κ3) is 9.91. The van der Waals surface area contributed by atoms with Crippen LogP contribution in [0.2, 0.25) is 0 Å². The first kappa shape index (κ1) is 47.7. The Labute approximate surface area is 436 Å². The summed E-state index contributed by atoms with van der Waals surface area (Å²) < 4.78 is 0. The van der Waals surface area contributed by atoms with Crippen LogP contribution in [0.1, 0.15) is 50.1 Å². The number of hydrogen-bond acceptors (Lipinski definition) is 6. The highest BCUT2D eigenvalue weighted by atomic mass is 35.5. The first-order valence-corrected chi connectivity index (χ1v) is 25.9. The molecule has 10 rings (SSSR count). The minimum Gasteiger partial charge on any atom is -0.342 e. The summed E-state index contributed by atoms with van der Waals surface area (Å²) in [6, 6.07) is 45.4. The SMILES string of the molecule is Cc1c(CN2CN(CCc3ccc4ccccc4c3)C(Cl)=C2Cl)c(C)c(CN2CN(CCc3ccc4ccccc4c3)C(Cl)=C2Cl)c(C)c1CN1CN(CCc2ccc3ccccc3c2)C(Cl)=C1Cl. The highest BCUT2D eigenvalue weighted by Crippen LogP contribution is 2.40. The Bertz CT molecular complexity index is 2840. The van der Waals surface area contributed by atoms with Crippen LogP contribution >= 0.6 is 69.6 Å². The molecule has 0 amide bonds. The molecule has 0 fully saturated rings. The summed E-state index contributed by atoms with van der Waals surface area (Å²) in [6.45, 7) is 12.3. The van der Waals surface area contributed by atoms with Crippen LogP contribution in [0.4, 0.5) is 0 Å². The first-order valence-electron chi connectivity index (χ1n) is 23.6. The molecule has 0 aliphatic carbocycles. The molecule has 0 radical (unpaired) electrons. The maximum Gasteiger partial charge on any atom is 0.142 e. The standard InChI is InChI=1S/C57H54Cl6N6/c1-37-49(31-67-34-64(52(58)55(67)61)25-22-40-16-19-43-10-4-7-13-46(43)28-40)38(2)51(33-69-36-66(54(60)57(69)63)27-24-42-18-21-45-12-6-9-15-48(45)30-42)39(3)50(37)32-68-35-65(53(59)56(68)62)26-23-41-17-20-44-11-5-8-14-47(44)29-41/h4-21,28-30H,22-27,31-36H2,1-3H3. The molecule has 0 spiro atoms. The molecule has 0 saturated carbocycles. The van der Waals surface area contributed by atoms with E-state index < -0.39 is 0 Å². The molecule has 7 aromatic carbocycles. The summed E-state index contributed by atoms with van der Waals surface area (Å²) in [7, 11) is 0. The van der Waals surface area contributed by atoms with Crippen molar-refractivity contribution in [3.63, 3.8) is 0 Å². The van der Waals surface area contributed by atoms with E-state index in [0.717, 1.165) is 38.9 Å². The zero-order valence-corrected chi connectivity index (χ0v) is 43.6. The molecule has 7 aromatic rings. The molecule has 0 N–H and O–H groups in total. The number of benzene rings is 7. The van der Waals surface area contributed by atoms with Crippen LogP contribution in [-0.2, 0) is 38.9 Å². The molecular weight excluding hydrogens is 981 g/mol. The molecule has 12 heteroatoms. The van der Waals surface area contributed by atoms with Gasteiger partial charge in [0.05, 0.1) is 20.0 Å². The number of halogens is 6. The minimum atomic E-state index is 0.552. The van der Waals surface area contributed by atoms with E-state index >= 15 is 0 Å². The molecule has 354 valence electrons. The third-order valence-electron chi connectivity index (χ3n) is 14.4. The van der Waals surface area contributed by atoms with Crippen molar-refractivity contribution in [2.45, 2.75) is 59.7 Å². The van der Waals surface area contributed by atoms with Gasteiger partial charge in [0.25, 0.3) is 0 Å².